The molecule has 3 heterocycles. The third-order valence-corrected chi connectivity index (χ3v) is 6.03. The van der Waals surface area contributed by atoms with Crippen LogP contribution >= 0.6 is 23.6 Å². The van der Waals surface area contributed by atoms with Crippen molar-refractivity contribution in [1.29, 1.82) is 0 Å². The number of hydrogen-bond donors (Lipinski definition) is 3. The second kappa shape index (κ2) is 10.3. The number of H-pyrrole nitrogens is 1. The van der Waals surface area contributed by atoms with Gasteiger partial charge in [0.25, 0.3) is 0 Å². The van der Waals surface area contributed by atoms with Gasteiger partial charge in [-0.25, -0.2) is 14.8 Å². The van der Waals surface area contributed by atoms with Crippen molar-refractivity contribution >= 4 is 46.4 Å². The van der Waals surface area contributed by atoms with Crippen LogP contribution in [-0.2, 0) is 11.2 Å². The molecule has 0 aliphatic carbocycles. The van der Waals surface area contributed by atoms with Gasteiger partial charge in [0.05, 0.1) is 0 Å². The first-order chi connectivity index (χ1) is 15.6. The minimum Gasteiger partial charge on any atom is -0.353 e. The molecule has 1 saturated heterocycles. The van der Waals surface area contributed by atoms with Crippen LogP contribution in [0.4, 0.5) is 15.7 Å². The smallest absolute Gasteiger partial charge is 0.321 e. The van der Waals surface area contributed by atoms with Crippen molar-refractivity contribution in [3.63, 3.8) is 0 Å². The van der Waals surface area contributed by atoms with Gasteiger partial charge in [0.1, 0.15) is 18.2 Å². The number of piperazine rings is 1. The van der Waals surface area contributed by atoms with Crippen molar-refractivity contribution < 1.29 is 9.59 Å². The van der Waals surface area contributed by atoms with E-state index in [4.69, 9.17) is 12.2 Å². The van der Waals surface area contributed by atoms with Crippen LogP contribution in [0.15, 0.2) is 48.9 Å². The monoisotopic (exact) mass is 470 g/mol. The number of nitrogens with one attached hydrogen (secondary N) is 3. The van der Waals surface area contributed by atoms with E-state index in [0.29, 0.717) is 41.7 Å². The number of nitrogens with zero attached hydrogens (tertiary/aromatic N) is 5. The first-order valence-corrected chi connectivity index (χ1v) is 11.3. The summed E-state index contributed by atoms with van der Waals surface area (Å²) in [5, 5.41) is 12.3. The lowest BCUT2D eigenvalue weighted by molar-refractivity contribution is -0.133. The van der Waals surface area contributed by atoms with E-state index in [1.807, 2.05) is 36.4 Å². The molecular formula is C20H22N8O2S2. The number of carbonyl (C=O) groups excluding carboxylic acids is 2. The normalized spacial score (nSPS) is 14.6. The van der Waals surface area contributed by atoms with Gasteiger partial charge in [0, 0.05) is 38.8 Å². The predicted octanol–water partition coefficient (Wildman–Crippen LogP) is 2.07. The summed E-state index contributed by atoms with van der Waals surface area (Å²) in [6, 6.07) is 10.2. The molecule has 1 fully saturated rings. The van der Waals surface area contributed by atoms with Crippen LogP contribution in [0, 0.1) is 3.95 Å². The van der Waals surface area contributed by atoms with E-state index in [9.17, 15) is 9.59 Å². The molecule has 3 N–H and O–H groups in total. The highest BCUT2D eigenvalue weighted by atomic mass is 32.1. The molecule has 3 aromatic rings. The number of rotatable bonds is 6. The molecule has 2 aromatic heterocycles. The first kappa shape index (κ1) is 21.8. The van der Waals surface area contributed by atoms with Crippen LogP contribution in [0.3, 0.4) is 0 Å². The van der Waals surface area contributed by atoms with Crippen molar-refractivity contribution in [2.24, 2.45) is 0 Å². The van der Waals surface area contributed by atoms with Crippen LogP contribution in [0.2, 0.25) is 0 Å². The molecule has 1 atom stereocenters. The van der Waals surface area contributed by atoms with Gasteiger partial charge in [-0.15, -0.1) is 5.10 Å². The molecule has 12 heteroatoms. The number of carbonyl (C=O) groups is 2. The van der Waals surface area contributed by atoms with Crippen molar-refractivity contribution in [2.75, 3.05) is 36.4 Å². The maximum absolute atomic E-state index is 13.3. The third kappa shape index (κ3) is 5.65. The van der Waals surface area contributed by atoms with Crippen molar-refractivity contribution in [2.45, 2.75) is 12.5 Å². The highest BCUT2D eigenvalue weighted by Crippen LogP contribution is 2.15. The number of aromatic amines is 1. The van der Waals surface area contributed by atoms with Gasteiger partial charge in [-0.3, -0.25) is 15.2 Å². The summed E-state index contributed by atoms with van der Waals surface area (Å²) in [6.45, 7) is 2.39. The Labute approximate surface area is 193 Å². The highest BCUT2D eigenvalue weighted by Gasteiger charge is 2.29. The zero-order valence-corrected chi connectivity index (χ0v) is 18.7. The number of aromatic nitrogens is 4. The summed E-state index contributed by atoms with van der Waals surface area (Å²) < 4.78 is 0.457. The summed E-state index contributed by atoms with van der Waals surface area (Å²) >= 11 is 6.13. The Morgan fingerprint density at radius 1 is 1.16 bits per heavy atom. The topological polar surface area (TPSA) is 119 Å². The van der Waals surface area contributed by atoms with Crippen LogP contribution in [0.5, 0.6) is 0 Å². The standard InChI is InChI=1S/C20H22N8O2S2/c29-17(28-10-8-27(9-11-28)16-6-7-21-13-22-16)15(12-14-4-2-1-3-5-14)23-18(30)24-19-25-26-20(31)32-19/h1-7,13,15H,8-12H2,(H,26,31)(H2,23,24,25,30)/t15-/m0/s1. The maximum Gasteiger partial charge on any atom is 0.321 e. The lowest BCUT2D eigenvalue weighted by atomic mass is 10.0. The minimum absolute atomic E-state index is 0.124. The van der Waals surface area contributed by atoms with Crippen molar-refractivity contribution in [1.82, 2.24) is 30.4 Å². The lowest BCUT2D eigenvalue weighted by Gasteiger charge is -2.37. The van der Waals surface area contributed by atoms with Crippen molar-refractivity contribution in [3.05, 3.63) is 58.4 Å². The lowest BCUT2D eigenvalue weighted by Crippen LogP contribution is -2.56. The van der Waals surface area contributed by atoms with Gasteiger partial charge in [-0.2, -0.15) is 0 Å². The Morgan fingerprint density at radius 2 is 1.94 bits per heavy atom. The molecule has 0 spiro atoms. The third-order valence-electron chi connectivity index (χ3n) is 5.03. The van der Waals surface area contributed by atoms with E-state index in [1.54, 1.807) is 11.1 Å². The molecule has 166 valence electrons. The number of anilines is 2. The van der Waals surface area contributed by atoms with E-state index in [0.717, 1.165) is 22.7 Å². The molecule has 32 heavy (non-hydrogen) atoms. The SMILES string of the molecule is O=C(Nc1n[nH]c(=S)s1)N[C@@H](Cc1ccccc1)C(=O)N1CCN(c2ccncn2)CC1. The summed E-state index contributed by atoms with van der Waals surface area (Å²) in [6.07, 6.45) is 3.60. The number of urea groups is 1. The summed E-state index contributed by atoms with van der Waals surface area (Å²) in [5.41, 5.74) is 0.959. The second-order valence-electron chi connectivity index (χ2n) is 7.14. The van der Waals surface area contributed by atoms with Gasteiger partial charge >= 0.3 is 6.03 Å². The highest BCUT2D eigenvalue weighted by molar-refractivity contribution is 7.73. The molecule has 0 radical (unpaired) electrons. The van der Waals surface area contributed by atoms with Crippen molar-refractivity contribution in [3.8, 4) is 0 Å². The van der Waals surface area contributed by atoms with Crippen LogP contribution in [-0.4, -0.2) is 69.2 Å². The molecule has 0 unspecified atom stereocenters. The van der Waals surface area contributed by atoms with E-state index in [2.05, 4.69) is 35.7 Å². The molecule has 3 amide bonds. The first-order valence-electron chi connectivity index (χ1n) is 10.1. The number of hydrogen-bond acceptors (Lipinski definition) is 8. The van der Waals surface area contributed by atoms with Gasteiger partial charge in [-0.1, -0.05) is 41.7 Å². The second-order valence-corrected chi connectivity index (χ2v) is 8.80. The van der Waals surface area contributed by atoms with E-state index in [1.165, 1.54) is 6.33 Å². The Balaban J connectivity index is 1.42. The molecule has 4 rings (SSSR count). The Hall–Kier alpha value is -3.38. The molecule has 0 bridgehead atoms. The fraction of sp³-hybridized carbons (Fsp3) is 0.300. The molecular weight excluding hydrogens is 448 g/mol. The molecule has 1 aliphatic heterocycles. The van der Waals surface area contributed by atoms with Gasteiger partial charge in [-0.05, 0) is 23.8 Å². The van der Waals surface area contributed by atoms with E-state index < -0.39 is 12.1 Å². The van der Waals surface area contributed by atoms with Crippen LogP contribution < -0.4 is 15.5 Å². The molecule has 1 aliphatic rings. The average molecular weight is 471 g/mol. The van der Waals surface area contributed by atoms with Gasteiger partial charge in [0.15, 0.2) is 3.95 Å². The largest absolute Gasteiger partial charge is 0.353 e. The maximum atomic E-state index is 13.3. The fourth-order valence-corrected chi connectivity index (χ4v) is 4.26. The Kier molecular flexibility index (Phi) is 7.02. The quantitative estimate of drug-likeness (QED) is 0.472. The number of benzene rings is 1. The summed E-state index contributed by atoms with van der Waals surface area (Å²) in [7, 11) is 0. The molecule has 10 nitrogen and oxygen atoms in total. The molecule has 1 aromatic carbocycles. The summed E-state index contributed by atoms with van der Waals surface area (Å²) in [4.78, 5) is 38.0. The van der Waals surface area contributed by atoms with E-state index in [-0.39, 0.29) is 5.91 Å². The van der Waals surface area contributed by atoms with E-state index >= 15 is 0 Å². The zero-order chi connectivity index (χ0) is 22.3. The van der Waals surface area contributed by atoms with Crippen LogP contribution in [0.1, 0.15) is 5.56 Å². The van der Waals surface area contributed by atoms with Gasteiger partial charge in [0.2, 0.25) is 11.0 Å². The minimum atomic E-state index is -0.713. The average Bonchev–Trinajstić information content (AvgIpc) is 3.23. The zero-order valence-electron chi connectivity index (χ0n) is 17.1. The van der Waals surface area contributed by atoms with Gasteiger partial charge < -0.3 is 15.1 Å². The Bertz CT molecular complexity index is 1100. The fourth-order valence-electron chi connectivity index (χ4n) is 3.47. The Morgan fingerprint density at radius 3 is 2.59 bits per heavy atom. The predicted molar refractivity (Wildman–Crippen MR) is 124 cm³/mol. The summed E-state index contributed by atoms with van der Waals surface area (Å²) in [5.74, 6) is 0.716. The molecule has 0 saturated carbocycles. The number of amides is 3. The van der Waals surface area contributed by atoms with Crippen LogP contribution in [0.25, 0.3) is 0 Å².